The van der Waals surface area contributed by atoms with E-state index in [1.807, 2.05) is 26.8 Å². The summed E-state index contributed by atoms with van der Waals surface area (Å²) in [5, 5.41) is 2.92. The smallest absolute Gasteiger partial charge is 0.408 e. The first kappa shape index (κ1) is 13.6. The lowest BCUT2D eigenvalue weighted by Gasteiger charge is -2.23. The van der Waals surface area contributed by atoms with Crippen molar-refractivity contribution in [2.75, 3.05) is 5.73 Å². The molecule has 0 spiro atoms. The number of nitrogens with one attached hydrogen (secondary N) is 1. The second kappa shape index (κ2) is 5.07. The van der Waals surface area contributed by atoms with Crippen LogP contribution in [0.1, 0.15) is 45.2 Å². The van der Waals surface area contributed by atoms with Gasteiger partial charge in [0.1, 0.15) is 5.60 Å². The maximum atomic E-state index is 11.9. The van der Waals surface area contributed by atoms with Crippen molar-refractivity contribution in [2.24, 2.45) is 5.92 Å². The number of ether oxygens (including phenoxy) is 1. The molecule has 1 fully saturated rings. The molecule has 3 N–H and O–H groups in total. The second-order valence-electron chi connectivity index (χ2n) is 6.01. The Bertz CT molecular complexity index is 464. The normalized spacial score (nSPS) is 16.8. The fraction of sp³-hybridized carbons (Fsp3) is 0.571. The van der Waals surface area contributed by atoms with Gasteiger partial charge in [-0.3, -0.25) is 4.98 Å². The van der Waals surface area contributed by atoms with Crippen LogP contribution < -0.4 is 11.1 Å². The molecule has 5 heteroatoms. The molecule has 0 unspecified atom stereocenters. The topological polar surface area (TPSA) is 77.2 Å². The van der Waals surface area contributed by atoms with E-state index in [1.165, 1.54) is 0 Å². The number of aromatic nitrogens is 1. The van der Waals surface area contributed by atoms with Crippen LogP contribution in [-0.2, 0) is 4.74 Å². The van der Waals surface area contributed by atoms with Crippen molar-refractivity contribution in [1.29, 1.82) is 0 Å². The molecule has 104 valence electrons. The molecule has 1 heterocycles. The molecule has 0 aliphatic heterocycles. The third-order valence-corrected chi connectivity index (χ3v) is 2.91. The average molecular weight is 263 g/mol. The van der Waals surface area contributed by atoms with Crippen molar-refractivity contribution < 1.29 is 9.53 Å². The molecule has 0 aromatic carbocycles. The Hall–Kier alpha value is -1.78. The summed E-state index contributed by atoms with van der Waals surface area (Å²) < 4.78 is 5.30. The number of hydrogen-bond acceptors (Lipinski definition) is 4. The predicted octanol–water partition coefficient (Wildman–Crippen LogP) is 2.64. The lowest BCUT2D eigenvalue weighted by atomic mass is 10.0. The number of hydrogen-bond donors (Lipinski definition) is 2. The Morgan fingerprint density at radius 1 is 1.47 bits per heavy atom. The van der Waals surface area contributed by atoms with Crippen molar-refractivity contribution in [1.82, 2.24) is 10.3 Å². The van der Waals surface area contributed by atoms with E-state index in [-0.39, 0.29) is 6.04 Å². The number of anilines is 1. The number of carbonyl (C=O) groups excluding carboxylic acids is 1. The number of rotatable bonds is 3. The molecule has 1 aliphatic carbocycles. The van der Waals surface area contributed by atoms with Crippen molar-refractivity contribution in [3.8, 4) is 0 Å². The van der Waals surface area contributed by atoms with E-state index >= 15 is 0 Å². The Morgan fingerprint density at radius 2 is 2.16 bits per heavy atom. The van der Waals surface area contributed by atoms with Gasteiger partial charge in [-0.15, -0.1) is 0 Å². The second-order valence-corrected chi connectivity index (χ2v) is 6.01. The van der Waals surface area contributed by atoms with Crippen LogP contribution in [0.2, 0.25) is 0 Å². The van der Waals surface area contributed by atoms with E-state index in [4.69, 9.17) is 10.5 Å². The van der Waals surface area contributed by atoms with Gasteiger partial charge in [-0.2, -0.15) is 0 Å². The molecular weight excluding hydrogens is 242 g/mol. The molecular formula is C14H21N3O2. The highest BCUT2D eigenvalue weighted by Crippen LogP contribution is 2.41. The predicted molar refractivity (Wildman–Crippen MR) is 73.5 cm³/mol. The Kier molecular flexibility index (Phi) is 3.64. The van der Waals surface area contributed by atoms with Gasteiger partial charge in [0.2, 0.25) is 0 Å². The first-order valence-corrected chi connectivity index (χ1v) is 6.55. The number of nitrogen functional groups attached to an aromatic ring is 1. The van der Waals surface area contributed by atoms with Gasteiger partial charge in [0, 0.05) is 12.4 Å². The maximum absolute atomic E-state index is 11.9. The summed E-state index contributed by atoms with van der Waals surface area (Å²) in [5.41, 5.74) is 6.79. The standard InChI is InChI=1S/C14H21N3O2/c1-14(2,3)19-13(18)17-12(9-4-5-9)10-6-11(15)8-16-7-10/h6-9,12H,4-5,15H2,1-3H3,(H,17,18)/t12-/m1/s1. The third-order valence-electron chi connectivity index (χ3n) is 2.91. The Labute approximate surface area is 113 Å². The van der Waals surface area contributed by atoms with E-state index in [2.05, 4.69) is 10.3 Å². The summed E-state index contributed by atoms with van der Waals surface area (Å²) in [6.07, 6.45) is 5.16. The van der Waals surface area contributed by atoms with E-state index in [0.717, 1.165) is 18.4 Å². The van der Waals surface area contributed by atoms with Gasteiger partial charge in [0.15, 0.2) is 0 Å². The van der Waals surface area contributed by atoms with Crippen LogP contribution in [0.25, 0.3) is 0 Å². The number of carbonyl (C=O) groups is 1. The summed E-state index contributed by atoms with van der Waals surface area (Å²) in [5.74, 6) is 0.455. The van der Waals surface area contributed by atoms with E-state index in [0.29, 0.717) is 11.6 Å². The van der Waals surface area contributed by atoms with Gasteiger partial charge < -0.3 is 15.8 Å². The van der Waals surface area contributed by atoms with Crippen LogP contribution >= 0.6 is 0 Å². The van der Waals surface area contributed by atoms with Gasteiger partial charge in [-0.05, 0) is 51.2 Å². The first-order valence-electron chi connectivity index (χ1n) is 6.55. The number of nitrogens with zero attached hydrogens (tertiary/aromatic N) is 1. The van der Waals surface area contributed by atoms with Crippen LogP contribution in [0.4, 0.5) is 10.5 Å². The summed E-state index contributed by atoms with van der Waals surface area (Å²) in [4.78, 5) is 16.0. The molecule has 5 nitrogen and oxygen atoms in total. The SMILES string of the molecule is CC(C)(C)OC(=O)N[C@@H](c1cncc(N)c1)C1CC1. The fourth-order valence-corrected chi connectivity index (χ4v) is 1.98. The lowest BCUT2D eigenvalue weighted by molar-refractivity contribution is 0.0497. The Morgan fingerprint density at radius 3 is 2.68 bits per heavy atom. The highest BCUT2D eigenvalue weighted by Gasteiger charge is 2.34. The number of pyridine rings is 1. The zero-order valence-electron chi connectivity index (χ0n) is 11.6. The van der Waals surface area contributed by atoms with Gasteiger partial charge in [0.25, 0.3) is 0 Å². The highest BCUT2D eigenvalue weighted by molar-refractivity contribution is 5.68. The van der Waals surface area contributed by atoms with Crippen molar-refractivity contribution in [3.05, 3.63) is 24.0 Å². The molecule has 0 radical (unpaired) electrons. The molecule has 2 rings (SSSR count). The van der Waals surface area contributed by atoms with Crippen molar-refractivity contribution in [2.45, 2.75) is 45.3 Å². The quantitative estimate of drug-likeness (QED) is 0.878. The zero-order chi connectivity index (χ0) is 14.0. The van der Waals surface area contributed by atoms with Gasteiger partial charge in [-0.1, -0.05) is 0 Å². The number of alkyl carbamates (subject to hydrolysis) is 1. The first-order chi connectivity index (χ1) is 8.85. The van der Waals surface area contributed by atoms with Crippen LogP contribution in [-0.4, -0.2) is 16.7 Å². The molecule has 1 aromatic heterocycles. The average Bonchev–Trinajstić information content (AvgIpc) is 3.07. The minimum absolute atomic E-state index is 0.0640. The highest BCUT2D eigenvalue weighted by atomic mass is 16.6. The monoisotopic (exact) mass is 263 g/mol. The van der Waals surface area contributed by atoms with Crippen LogP contribution in [0.15, 0.2) is 18.5 Å². The van der Waals surface area contributed by atoms with Crippen molar-refractivity contribution >= 4 is 11.8 Å². The van der Waals surface area contributed by atoms with E-state index < -0.39 is 11.7 Å². The minimum Gasteiger partial charge on any atom is -0.444 e. The summed E-state index contributed by atoms with van der Waals surface area (Å²) >= 11 is 0. The minimum atomic E-state index is -0.494. The summed E-state index contributed by atoms with van der Waals surface area (Å²) in [7, 11) is 0. The van der Waals surface area contributed by atoms with Gasteiger partial charge in [-0.25, -0.2) is 4.79 Å². The van der Waals surface area contributed by atoms with Gasteiger partial charge in [0.05, 0.1) is 11.7 Å². The van der Waals surface area contributed by atoms with Gasteiger partial charge >= 0.3 is 6.09 Å². The lowest BCUT2D eigenvalue weighted by Crippen LogP contribution is -2.35. The van der Waals surface area contributed by atoms with E-state index in [1.54, 1.807) is 12.4 Å². The Balaban J connectivity index is 2.07. The molecule has 1 aromatic rings. The van der Waals surface area contributed by atoms with Crippen molar-refractivity contribution in [3.63, 3.8) is 0 Å². The summed E-state index contributed by atoms with van der Waals surface area (Å²) in [6, 6.07) is 1.79. The zero-order valence-corrected chi connectivity index (χ0v) is 11.6. The molecule has 0 bridgehead atoms. The van der Waals surface area contributed by atoms with Crippen LogP contribution in [0, 0.1) is 5.92 Å². The van der Waals surface area contributed by atoms with E-state index in [9.17, 15) is 4.79 Å². The molecule has 19 heavy (non-hydrogen) atoms. The number of nitrogens with two attached hydrogens (primary N) is 1. The molecule has 1 aliphatic rings. The fourth-order valence-electron chi connectivity index (χ4n) is 1.98. The molecule has 1 saturated carbocycles. The number of amides is 1. The van der Waals surface area contributed by atoms with Crippen LogP contribution in [0.3, 0.4) is 0 Å². The third kappa shape index (κ3) is 4.12. The summed E-state index contributed by atoms with van der Waals surface area (Å²) in [6.45, 7) is 5.54. The van der Waals surface area contributed by atoms with Crippen LogP contribution in [0.5, 0.6) is 0 Å². The molecule has 0 saturated heterocycles. The molecule has 1 amide bonds. The largest absolute Gasteiger partial charge is 0.444 e. The maximum Gasteiger partial charge on any atom is 0.408 e. The molecule has 1 atom stereocenters.